The second-order valence-corrected chi connectivity index (χ2v) is 8.06. The van der Waals surface area contributed by atoms with Gasteiger partial charge in [-0.2, -0.15) is 26.3 Å². The van der Waals surface area contributed by atoms with Crippen molar-refractivity contribution >= 4 is 29.4 Å². The maximum absolute atomic E-state index is 12.6. The van der Waals surface area contributed by atoms with E-state index in [9.17, 15) is 40.7 Å². The molecule has 0 bridgehead atoms. The highest BCUT2D eigenvalue weighted by Gasteiger charge is 2.61. The van der Waals surface area contributed by atoms with Crippen LogP contribution in [0.2, 0.25) is 0 Å². The van der Waals surface area contributed by atoms with Crippen LogP contribution in [0.15, 0.2) is 18.3 Å². The van der Waals surface area contributed by atoms with Crippen molar-refractivity contribution in [3.05, 3.63) is 18.3 Å². The summed E-state index contributed by atoms with van der Waals surface area (Å²) in [6.45, 7) is 1.07. The van der Waals surface area contributed by atoms with E-state index < -0.39 is 35.9 Å². The van der Waals surface area contributed by atoms with Gasteiger partial charge in [0, 0.05) is 25.9 Å². The zero-order valence-corrected chi connectivity index (χ0v) is 17.2. The number of anilines is 2. The Kier molecular flexibility index (Phi) is 6.48. The number of halogens is 6. The summed E-state index contributed by atoms with van der Waals surface area (Å²) < 4.78 is 79.3. The van der Waals surface area contributed by atoms with Gasteiger partial charge in [-0.25, -0.2) is 9.78 Å². The van der Waals surface area contributed by atoms with E-state index in [0.717, 1.165) is 4.90 Å². The molecule has 1 aromatic rings. The monoisotopic (exact) mass is 482 g/mol. The minimum atomic E-state index is -5.78. The molecular weight excluding hydrogens is 462 g/mol. The number of hydrogen-bond donors (Lipinski definition) is 2. The molecule has 1 spiro atoms. The number of pyridine rings is 1. The van der Waals surface area contributed by atoms with Gasteiger partial charge in [0.2, 0.25) is 11.8 Å². The maximum atomic E-state index is 12.6. The number of aromatic nitrogens is 1. The number of carbonyl (C=O) groups is 3. The van der Waals surface area contributed by atoms with E-state index in [1.165, 1.54) is 19.2 Å². The van der Waals surface area contributed by atoms with Crippen LogP contribution < -0.4 is 10.6 Å². The fourth-order valence-corrected chi connectivity index (χ4v) is 3.85. The number of likely N-dealkylation sites (tertiary alicyclic amines) is 1. The topological polar surface area (TPSA) is 101 Å². The molecule has 1 atom stereocenters. The molecule has 1 saturated heterocycles. The van der Waals surface area contributed by atoms with Crippen molar-refractivity contribution in [2.75, 3.05) is 23.7 Å². The van der Waals surface area contributed by atoms with Gasteiger partial charge in [-0.15, -0.1) is 0 Å². The minimum absolute atomic E-state index is 0.127. The standard InChI is InChI=1S/C19H20F6N4O4/c1-10(30)27-13-3-2-11(9-26-13)28-14(31)12-8-17(12)4-6-29(7-5-17)16(32)33-15(18(20,21)22)19(23,24)25/h2-3,9,12,15H,4-8H2,1H3,(H,28,31)(H,26,27,30)/t12-/m0/s1. The average Bonchev–Trinajstić information content (AvgIpc) is 3.39. The molecule has 1 aromatic heterocycles. The number of ether oxygens (including phenoxy) is 1. The Morgan fingerprint density at radius 3 is 2.18 bits per heavy atom. The Morgan fingerprint density at radius 1 is 1.09 bits per heavy atom. The lowest BCUT2D eigenvalue weighted by Crippen LogP contribution is -2.49. The third-order valence-corrected chi connectivity index (χ3v) is 5.67. The van der Waals surface area contributed by atoms with E-state index in [-0.39, 0.29) is 37.7 Å². The van der Waals surface area contributed by atoms with E-state index in [2.05, 4.69) is 20.4 Å². The lowest BCUT2D eigenvalue weighted by Gasteiger charge is -2.33. The smallest absolute Gasteiger partial charge is 0.426 e. The van der Waals surface area contributed by atoms with Crippen LogP contribution in [0.25, 0.3) is 0 Å². The van der Waals surface area contributed by atoms with Gasteiger partial charge in [0.05, 0.1) is 11.9 Å². The lowest BCUT2D eigenvalue weighted by atomic mass is 9.91. The molecule has 1 saturated carbocycles. The zero-order valence-electron chi connectivity index (χ0n) is 17.2. The van der Waals surface area contributed by atoms with E-state index in [4.69, 9.17) is 0 Å². The predicted molar refractivity (Wildman–Crippen MR) is 101 cm³/mol. The molecular formula is C19H20F6N4O4. The highest BCUT2D eigenvalue weighted by molar-refractivity contribution is 5.95. The molecule has 8 nitrogen and oxygen atoms in total. The first kappa shape index (κ1) is 24.6. The molecule has 1 aliphatic carbocycles. The molecule has 182 valence electrons. The Morgan fingerprint density at radius 2 is 1.70 bits per heavy atom. The second kappa shape index (κ2) is 8.71. The first-order valence-corrected chi connectivity index (χ1v) is 9.85. The molecule has 0 radical (unpaired) electrons. The van der Waals surface area contributed by atoms with Gasteiger partial charge in [0.15, 0.2) is 0 Å². The number of rotatable bonds is 4. The lowest BCUT2D eigenvalue weighted by molar-refractivity contribution is -0.308. The molecule has 33 heavy (non-hydrogen) atoms. The highest BCUT2D eigenvalue weighted by Crippen LogP contribution is 2.59. The molecule has 1 aliphatic heterocycles. The van der Waals surface area contributed by atoms with Gasteiger partial charge in [-0.3, -0.25) is 9.59 Å². The summed E-state index contributed by atoms with van der Waals surface area (Å²) in [5.41, 5.74) is -0.0831. The Hall–Kier alpha value is -3.06. The van der Waals surface area contributed by atoms with Crippen LogP contribution in [0.1, 0.15) is 26.2 Å². The zero-order chi connectivity index (χ0) is 24.6. The van der Waals surface area contributed by atoms with E-state index in [1.807, 2.05) is 0 Å². The van der Waals surface area contributed by atoms with E-state index >= 15 is 0 Å². The summed E-state index contributed by atoms with van der Waals surface area (Å²) in [6, 6.07) is 3.04. The average molecular weight is 482 g/mol. The van der Waals surface area contributed by atoms with Gasteiger partial charge in [-0.1, -0.05) is 0 Å². The third-order valence-electron chi connectivity index (χ3n) is 5.67. The summed E-state index contributed by atoms with van der Waals surface area (Å²) in [6.07, 6.45) is -15.1. The van der Waals surface area contributed by atoms with Gasteiger partial charge >= 0.3 is 18.4 Å². The van der Waals surface area contributed by atoms with Crippen LogP contribution in [-0.2, 0) is 14.3 Å². The van der Waals surface area contributed by atoms with E-state index in [0.29, 0.717) is 17.9 Å². The second-order valence-electron chi connectivity index (χ2n) is 8.06. The summed E-state index contributed by atoms with van der Waals surface area (Å²) in [4.78, 5) is 40.2. The fourth-order valence-electron chi connectivity index (χ4n) is 3.85. The van der Waals surface area contributed by atoms with Gasteiger partial charge in [-0.05, 0) is 36.8 Å². The molecule has 2 fully saturated rings. The van der Waals surface area contributed by atoms with Gasteiger partial charge in [0.1, 0.15) is 5.82 Å². The minimum Gasteiger partial charge on any atom is -0.426 e. The fraction of sp³-hybridized carbons (Fsp3) is 0.579. The number of nitrogens with zero attached hydrogens (tertiary/aromatic N) is 2. The number of carbonyl (C=O) groups excluding carboxylic acids is 3. The molecule has 3 amide bonds. The van der Waals surface area contributed by atoms with E-state index in [1.54, 1.807) is 6.07 Å². The van der Waals surface area contributed by atoms with Crippen molar-refractivity contribution in [1.82, 2.24) is 9.88 Å². The van der Waals surface area contributed by atoms with Crippen molar-refractivity contribution in [2.45, 2.75) is 44.6 Å². The highest BCUT2D eigenvalue weighted by atomic mass is 19.4. The van der Waals surface area contributed by atoms with Crippen LogP contribution in [0.3, 0.4) is 0 Å². The summed E-state index contributed by atoms with van der Waals surface area (Å²) in [5, 5.41) is 5.16. The number of piperidine rings is 1. The van der Waals surface area contributed by atoms with Crippen LogP contribution >= 0.6 is 0 Å². The van der Waals surface area contributed by atoms with Crippen LogP contribution in [-0.4, -0.2) is 59.3 Å². The number of nitrogens with one attached hydrogen (secondary N) is 2. The normalized spacial score (nSPS) is 19.9. The van der Waals surface area contributed by atoms with Crippen molar-refractivity contribution in [2.24, 2.45) is 11.3 Å². The van der Waals surface area contributed by atoms with Crippen molar-refractivity contribution < 1.29 is 45.5 Å². The first-order chi connectivity index (χ1) is 15.2. The van der Waals surface area contributed by atoms with Crippen molar-refractivity contribution in [1.29, 1.82) is 0 Å². The number of amides is 3. The van der Waals surface area contributed by atoms with Crippen LogP contribution in [0, 0.1) is 11.3 Å². The molecule has 0 aromatic carbocycles. The number of alkyl halides is 6. The Labute approximate surface area is 183 Å². The summed E-state index contributed by atoms with van der Waals surface area (Å²) >= 11 is 0. The predicted octanol–water partition coefficient (Wildman–Crippen LogP) is 3.71. The maximum Gasteiger partial charge on any atom is 0.434 e. The summed E-state index contributed by atoms with van der Waals surface area (Å²) in [5.74, 6) is -0.721. The molecule has 3 rings (SSSR count). The largest absolute Gasteiger partial charge is 0.434 e. The summed E-state index contributed by atoms with van der Waals surface area (Å²) in [7, 11) is 0. The first-order valence-electron chi connectivity index (χ1n) is 9.85. The van der Waals surface area contributed by atoms with Crippen LogP contribution in [0.4, 0.5) is 42.6 Å². The Bertz CT molecular complexity index is 896. The quantitative estimate of drug-likeness (QED) is 0.638. The number of hydrogen-bond acceptors (Lipinski definition) is 5. The third kappa shape index (κ3) is 5.85. The molecule has 2 aliphatic rings. The molecule has 0 unspecified atom stereocenters. The SMILES string of the molecule is CC(=O)Nc1ccc(NC(=O)[C@@H]2CC23CCN(C(=O)OC(C(F)(F)F)C(F)(F)F)CC3)cn1. The van der Waals surface area contributed by atoms with Gasteiger partial charge < -0.3 is 20.3 Å². The molecule has 2 N–H and O–H groups in total. The van der Waals surface area contributed by atoms with Crippen molar-refractivity contribution in [3.63, 3.8) is 0 Å². The molecule has 2 heterocycles. The van der Waals surface area contributed by atoms with Crippen molar-refractivity contribution in [3.8, 4) is 0 Å². The van der Waals surface area contributed by atoms with Crippen LogP contribution in [0.5, 0.6) is 0 Å². The molecule has 14 heteroatoms. The Balaban J connectivity index is 1.51. The van der Waals surface area contributed by atoms with Gasteiger partial charge in [0.25, 0.3) is 6.10 Å².